The lowest BCUT2D eigenvalue weighted by atomic mass is 10.2. The van der Waals surface area contributed by atoms with E-state index < -0.39 is 10.0 Å². The minimum absolute atomic E-state index is 0.0835. The van der Waals surface area contributed by atoms with Gasteiger partial charge in [0.15, 0.2) is 0 Å². The third kappa shape index (κ3) is 4.07. The predicted molar refractivity (Wildman–Crippen MR) is 109 cm³/mol. The van der Waals surface area contributed by atoms with Crippen molar-refractivity contribution in [3.63, 3.8) is 0 Å². The van der Waals surface area contributed by atoms with Crippen LogP contribution in [0.5, 0.6) is 0 Å². The zero-order valence-electron chi connectivity index (χ0n) is 14.5. The minimum atomic E-state index is -3.75. The molecule has 1 aliphatic rings. The van der Waals surface area contributed by atoms with Gasteiger partial charge in [-0.2, -0.15) is 0 Å². The number of benzene rings is 2. The summed E-state index contributed by atoms with van der Waals surface area (Å²) in [5.74, 6) is 0.819. The van der Waals surface area contributed by atoms with Gasteiger partial charge in [0.25, 0.3) is 10.0 Å². The van der Waals surface area contributed by atoms with Crippen LogP contribution >= 0.6 is 27.7 Å². The molecule has 0 atom stereocenters. The summed E-state index contributed by atoms with van der Waals surface area (Å²) in [5, 5.41) is 0. The highest BCUT2D eigenvalue weighted by molar-refractivity contribution is 9.10. The first kappa shape index (κ1) is 19.3. The first-order chi connectivity index (χ1) is 12.3. The number of amides is 1. The monoisotopic (exact) mass is 454 g/mol. The minimum Gasteiger partial charge on any atom is -0.311 e. The number of hydrogen-bond donors (Lipinski definition) is 1. The van der Waals surface area contributed by atoms with Crippen LogP contribution in [0.1, 0.15) is 18.9 Å². The van der Waals surface area contributed by atoms with E-state index in [0.717, 1.165) is 27.1 Å². The van der Waals surface area contributed by atoms with E-state index in [9.17, 15) is 13.2 Å². The Labute approximate surface area is 166 Å². The largest absolute Gasteiger partial charge is 0.311 e. The number of anilines is 2. The van der Waals surface area contributed by atoms with Crippen molar-refractivity contribution >= 4 is 55.0 Å². The first-order valence-electron chi connectivity index (χ1n) is 8.12. The van der Waals surface area contributed by atoms with Gasteiger partial charge in [-0.3, -0.25) is 9.52 Å². The van der Waals surface area contributed by atoms with Crippen molar-refractivity contribution in [2.75, 3.05) is 21.9 Å². The van der Waals surface area contributed by atoms with Crippen LogP contribution < -0.4 is 9.62 Å². The molecule has 1 N–H and O–H groups in total. The third-order valence-corrected chi connectivity index (χ3v) is 7.52. The Hall–Kier alpha value is -1.51. The Morgan fingerprint density at radius 3 is 2.69 bits per heavy atom. The summed E-state index contributed by atoms with van der Waals surface area (Å²) in [6.07, 6.45) is 0.872. The highest BCUT2D eigenvalue weighted by Gasteiger charge is 2.23. The molecule has 26 heavy (non-hydrogen) atoms. The summed E-state index contributed by atoms with van der Waals surface area (Å²) < 4.78 is 29.2. The van der Waals surface area contributed by atoms with Gasteiger partial charge in [0.1, 0.15) is 0 Å². The quantitative estimate of drug-likeness (QED) is 0.745. The van der Waals surface area contributed by atoms with Gasteiger partial charge in [-0.25, -0.2) is 8.42 Å². The van der Waals surface area contributed by atoms with Gasteiger partial charge in [0, 0.05) is 28.5 Å². The summed E-state index contributed by atoms with van der Waals surface area (Å²) >= 11 is 5.05. The molecule has 0 spiro atoms. The number of aryl methyl sites for hydroxylation is 1. The molecule has 0 fully saturated rings. The molecular weight excluding hydrogens is 436 g/mol. The second kappa shape index (κ2) is 7.62. The maximum absolute atomic E-state index is 12.8. The average molecular weight is 455 g/mol. The number of sulfonamides is 1. The van der Waals surface area contributed by atoms with Gasteiger partial charge in [0.2, 0.25) is 5.91 Å². The van der Waals surface area contributed by atoms with Crippen LogP contribution in [0.3, 0.4) is 0 Å². The summed E-state index contributed by atoms with van der Waals surface area (Å²) in [6.45, 7) is 3.99. The van der Waals surface area contributed by atoms with Crippen LogP contribution in [0.15, 0.2) is 50.7 Å². The van der Waals surface area contributed by atoms with Crippen LogP contribution in [0.4, 0.5) is 11.4 Å². The molecule has 1 aliphatic heterocycles. The Balaban J connectivity index is 1.97. The van der Waals surface area contributed by atoms with E-state index in [1.54, 1.807) is 53.1 Å². The standard InChI is InChI=1S/C18H19BrN2O3S2/c1-12-10-14(4-6-16(12)19)20-26(23,24)15-5-7-18-17(11-15)21(13(2)22)8-3-9-25-18/h4-7,10-11,20H,3,8-9H2,1-2H3. The number of thioether (sulfide) groups is 1. The zero-order chi connectivity index (χ0) is 18.9. The Morgan fingerprint density at radius 2 is 2.00 bits per heavy atom. The molecule has 0 saturated carbocycles. The van der Waals surface area contributed by atoms with Crippen molar-refractivity contribution in [1.82, 2.24) is 0 Å². The molecule has 1 amide bonds. The number of carbonyl (C=O) groups excluding carboxylic acids is 1. The van der Waals surface area contributed by atoms with Crippen molar-refractivity contribution in [3.8, 4) is 0 Å². The second-order valence-electron chi connectivity index (χ2n) is 6.07. The van der Waals surface area contributed by atoms with Gasteiger partial charge in [-0.1, -0.05) is 15.9 Å². The van der Waals surface area contributed by atoms with E-state index in [0.29, 0.717) is 17.9 Å². The summed E-state index contributed by atoms with van der Waals surface area (Å²) in [6, 6.07) is 10.2. The second-order valence-corrected chi connectivity index (χ2v) is 9.75. The number of hydrogen-bond acceptors (Lipinski definition) is 4. The highest BCUT2D eigenvalue weighted by Crippen LogP contribution is 2.36. The number of fused-ring (bicyclic) bond motifs is 1. The van der Waals surface area contributed by atoms with Crippen molar-refractivity contribution in [2.24, 2.45) is 0 Å². The molecule has 0 radical (unpaired) electrons. The van der Waals surface area contributed by atoms with Gasteiger partial charge in [-0.15, -0.1) is 11.8 Å². The maximum atomic E-state index is 12.8. The molecule has 2 aromatic carbocycles. The molecule has 1 heterocycles. The van der Waals surface area contributed by atoms with Gasteiger partial charge in [0.05, 0.1) is 10.6 Å². The predicted octanol–water partition coefficient (Wildman–Crippen LogP) is 4.41. The molecule has 3 rings (SSSR count). The van der Waals surface area contributed by atoms with Gasteiger partial charge < -0.3 is 4.90 Å². The molecule has 2 aromatic rings. The number of nitrogens with one attached hydrogen (secondary N) is 1. The molecule has 0 aromatic heterocycles. The molecule has 0 unspecified atom stereocenters. The Kier molecular flexibility index (Phi) is 5.64. The SMILES string of the molecule is CC(=O)N1CCCSc2ccc(S(=O)(=O)Nc3ccc(Br)c(C)c3)cc21. The van der Waals surface area contributed by atoms with Crippen LogP contribution in [-0.2, 0) is 14.8 Å². The highest BCUT2D eigenvalue weighted by atomic mass is 79.9. The van der Waals surface area contributed by atoms with Crippen LogP contribution in [-0.4, -0.2) is 26.6 Å². The average Bonchev–Trinajstić information content (AvgIpc) is 2.79. The summed E-state index contributed by atoms with van der Waals surface area (Å²) in [5.41, 5.74) is 2.10. The molecule has 5 nitrogen and oxygen atoms in total. The lowest BCUT2D eigenvalue weighted by Crippen LogP contribution is -2.29. The van der Waals surface area contributed by atoms with E-state index in [1.807, 2.05) is 6.92 Å². The molecule has 0 aliphatic carbocycles. The third-order valence-electron chi connectivity index (χ3n) is 4.11. The number of nitrogens with zero attached hydrogens (tertiary/aromatic N) is 1. The van der Waals surface area contributed by atoms with Crippen LogP contribution in [0.25, 0.3) is 0 Å². The molecular formula is C18H19BrN2O3S2. The fourth-order valence-corrected chi connectivity index (χ4v) is 5.06. The normalized spacial score (nSPS) is 14.5. The molecule has 138 valence electrons. The lowest BCUT2D eigenvalue weighted by molar-refractivity contribution is -0.116. The van der Waals surface area contributed by atoms with E-state index in [-0.39, 0.29) is 10.8 Å². The first-order valence-corrected chi connectivity index (χ1v) is 11.4. The maximum Gasteiger partial charge on any atom is 0.261 e. The van der Waals surface area contributed by atoms with E-state index in [1.165, 1.54) is 6.92 Å². The summed E-state index contributed by atoms with van der Waals surface area (Å²) in [7, 11) is -3.75. The van der Waals surface area contributed by atoms with Crippen LogP contribution in [0, 0.1) is 6.92 Å². The molecule has 8 heteroatoms. The molecule has 0 saturated heterocycles. The van der Waals surface area contributed by atoms with Gasteiger partial charge >= 0.3 is 0 Å². The van der Waals surface area contributed by atoms with Gasteiger partial charge in [-0.05, 0) is 61.1 Å². The molecule has 0 bridgehead atoms. The van der Waals surface area contributed by atoms with Crippen LogP contribution in [0.2, 0.25) is 0 Å². The zero-order valence-corrected chi connectivity index (χ0v) is 17.7. The van der Waals surface area contributed by atoms with E-state index >= 15 is 0 Å². The fraction of sp³-hybridized carbons (Fsp3) is 0.278. The fourth-order valence-electron chi connectivity index (χ4n) is 2.77. The van der Waals surface area contributed by atoms with Crippen molar-refractivity contribution < 1.29 is 13.2 Å². The van der Waals surface area contributed by atoms with Crippen molar-refractivity contribution in [1.29, 1.82) is 0 Å². The number of halogens is 1. The van der Waals surface area contributed by atoms with Crippen molar-refractivity contribution in [3.05, 3.63) is 46.4 Å². The lowest BCUT2D eigenvalue weighted by Gasteiger charge is -2.21. The van der Waals surface area contributed by atoms with E-state index in [4.69, 9.17) is 0 Å². The topological polar surface area (TPSA) is 66.5 Å². The summed E-state index contributed by atoms with van der Waals surface area (Å²) in [4.78, 5) is 14.7. The Bertz CT molecular complexity index is 961. The Morgan fingerprint density at radius 1 is 1.23 bits per heavy atom. The van der Waals surface area contributed by atoms with Crippen molar-refractivity contribution in [2.45, 2.75) is 30.1 Å². The number of rotatable bonds is 3. The van der Waals surface area contributed by atoms with E-state index in [2.05, 4.69) is 20.7 Å². The number of carbonyl (C=O) groups is 1. The smallest absolute Gasteiger partial charge is 0.261 e.